The molecule has 1 saturated heterocycles. The van der Waals surface area contributed by atoms with Gasteiger partial charge in [-0.1, -0.05) is 20.8 Å². The van der Waals surface area contributed by atoms with Gasteiger partial charge in [0.25, 0.3) is 0 Å². The Bertz CT molecular complexity index is 309. The first-order chi connectivity index (χ1) is 7.72. The van der Waals surface area contributed by atoms with Gasteiger partial charge in [0.05, 0.1) is 0 Å². The van der Waals surface area contributed by atoms with Crippen LogP contribution in [0.4, 0.5) is 4.79 Å². The van der Waals surface area contributed by atoms with Crippen molar-refractivity contribution in [2.24, 2.45) is 5.41 Å². The maximum absolute atomic E-state index is 12.1. The summed E-state index contributed by atoms with van der Waals surface area (Å²) < 4.78 is 0. The SMILES string of the molecule is CN(CC(C)(C)C)C(=O)N1CCC[C@@H]1C(=O)O. The van der Waals surface area contributed by atoms with Crippen molar-refractivity contribution in [3.63, 3.8) is 0 Å². The van der Waals surface area contributed by atoms with E-state index in [2.05, 4.69) is 20.8 Å². The molecular weight excluding hydrogens is 220 g/mol. The largest absolute Gasteiger partial charge is 0.480 e. The maximum Gasteiger partial charge on any atom is 0.326 e. The third-order valence-corrected chi connectivity index (χ3v) is 2.82. The van der Waals surface area contributed by atoms with Gasteiger partial charge < -0.3 is 14.9 Å². The predicted octanol–water partition coefficient (Wildman–Crippen LogP) is 1.63. The molecule has 0 aliphatic carbocycles. The zero-order valence-corrected chi connectivity index (χ0v) is 11.1. The van der Waals surface area contributed by atoms with Gasteiger partial charge in [-0.05, 0) is 18.3 Å². The van der Waals surface area contributed by atoms with Gasteiger partial charge >= 0.3 is 12.0 Å². The highest BCUT2D eigenvalue weighted by Gasteiger charge is 2.35. The van der Waals surface area contributed by atoms with Crippen LogP contribution < -0.4 is 0 Å². The van der Waals surface area contributed by atoms with Crippen LogP contribution in [-0.2, 0) is 4.79 Å². The van der Waals surface area contributed by atoms with Crippen LogP contribution >= 0.6 is 0 Å². The summed E-state index contributed by atoms with van der Waals surface area (Å²) in [5.41, 5.74) is 0.0167. The van der Waals surface area contributed by atoms with Crippen molar-refractivity contribution in [3.05, 3.63) is 0 Å². The standard InChI is InChI=1S/C12H22N2O3/c1-12(2,3)8-13(4)11(17)14-7-5-6-9(14)10(15)16/h9H,5-8H2,1-4H3,(H,15,16)/t9-/m1/s1. The van der Waals surface area contributed by atoms with Crippen LogP contribution in [0.2, 0.25) is 0 Å². The molecule has 1 aliphatic rings. The summed E-state index contributed by atoms with van der Waals surface area (Å²) in [6, 6.07) is -0.824. The summed E-state index contributed by atoms with van der Waals surface area (Å²) in [4.78, 5) is 26.2. The Morgan fingerprint density at radius 2 is 2.00 bits per heavy atom. The average Bonchev–Trinajstić information content (AvgIpc) is 2.61. The number of rotatable bonds is 2. The highest BCUT2D eigenvalue weighted by atomic mass is 16.4. The van der Waals surface area contributed by atoms with E-state index in [0.717, 1.165) is 6.42 Å². The zero-order valence-electron chi connectivity index (χ0n) is 11.1. The summed E-state index contributed by atoms with van der Waals surface area (Å²) in [7, 11) is 1.73. The number of carbonyl (C=O) groups excluding carboxylic acids is 1. The minimum atomic E-state index is -0.903. The number of aliphatic carboxylic acids is 1. The van der Waals surface area contributed by atoms with Gasteiger partial charge in [0.2, 0.25) is 0 Å². The Labute approximate surface area is 102 Å². The van der Waals surface area contributed by atoms with Crippen LogP contribution in [0.15, 0.2) is 0 Å². The summed E-state index contributed by atoms with van der Waals surface area (Å²) >= 11 is 0. The van der Waals surface area contributed by atoms with E-state index in [1.807, 2.05) is 0 Å². The smallest absolute Gasteiger partial charge is 0.326 e. The highest BCUT2D eigenvalue weighted by molar-refractivity contribution is 5.83. The number of hydrogen-bond donors (Lipinski definition) is 1. The quantitative estimate of drug-likeness (QED) is 0.800. The Morgan fingerprint density at radius 1 is 1.41 bits per heavy atom. The number of carboxylic acids is 1. The van der Waals surface area contributed by atoms with Crippen LogP contribution in [0.1, 0.15) is 33.6 Å². The number of carboxylic acid groups (broad SMARTS) is 1. The molecule has 5 nitrogen and oxygen atoms in total. The van der Waals surface area contributed by atoms with E-state index in [-0.39, 0.29) is 11.4 Å². The Hall–Kier alpha value is -1.26. The molecule has 1 aliphatic heterocycles. The van der Waals surface area contributed by atoms with Crippen molar-refractivity contribution >= 4 is 12.0 Å². The van der Waals surface area contributed by atoms with Gasteiger partial charge in [-0.25, -0.2) is 9.59 Å². The van der Waals surface area contributed by atoms with Crippen LogP contribution in [0, 0.1) is 5.41 Å². The van der Waals surface area contributed by atoms with Gasteiger partial charge in [-0.3, -0.25) is 0 Å². The molecule has 1 heterocycles. The number of carbonyl (C=O) groups is 2. The van der Waals surface area contributed by atoms with Gasteiger partial charge in [0, 0.05) is 20.1 Å². The normalized spacial score (nSPS) is 20.5. The molecule has 17 heavy (non-hydrogen) atoms. The third kappa shape index (κ3) is 3.61. The fourth-order valence-corrected chi connectivity index (χ4v) is 2.25. The number of urea groups is 1. The van der Waals surface area contributed by atoms with Gasteiger partial charge in [-0.15, -0.1) is 0 Å². The minimum absolute atomic E-state index is 0.0167. The number of amides is 2. The van der Waals surface area contributed by atoms with E-state index in [0.29, 0.717) is 19.5 Å². The summed E-state index contributed by atoms with van der Waals surface area (Å²) in [6.45, 7) is 7.32. The molecular formula is C12H22N2O3. The molecule has 1 N–H and O–H groups in total. The molecule has 0 aromatic carbocycles. The number of likely N-dealkylation sites (tertiary alicyclic amines) is 1. The molecule has 0 unspecified atom stereocenters. The number of hydrogen-bond acceptors (Lipinski definition) is 2. The molecule has 0 saturated carbocycles. The fourth-order valence-electron chi connectivity index (χ4n) is 2.25. The van der Waals surface area contributed by atoms with E-state index in [1.165, 1.54) is 4.90 Å². The van der Waals surface area contributed by atoms with Crippen molar-refractivity contribution in [2.75, 3.05) is 20.1 Å². The van der Waals surface area contributed by atoms with Crippen LogP contribution in [0.3, 0.4) is 0 Å². The monoisotopic (exact) mass is 242 g/mol. The molecule has 0 aromatic rings. The first-order valence-electron chi connectivity index (χ1n) is 5.97. The summed E-state index contributed by atoms with van der Waals surface area (Å²) in [5.74, 6) is -0.903. The molecule has 1 atom stereocenters. The molecule has 1 rings (SSSR count). The molecule has 2 amide bonds. The minimum Gasteiger partial charge on any atom is -0.480 e. The van der Waals surface area contributed by atoms with Crippen LogP contribution in [0.25, 0.3) is 0 Å². The Morgan fingerprint density at radius 3 is 2.47 bits per heavy atom. The van der Waals surface area contributed by atoms with Crippen molar-refractivity contribution < 1.29 is 14.7 Å². The van der Waals surface area contributed by atoms with Crippen molar-refractivity contribution in [2.45, 2.75) is 39.7 Å². The molecule has 0 aromatic heterocycles. The van der Waals surface area contributed by atoms with Gasteiger partial charge in [0.1, 0.15) is 6.04 Å². The summed E-state index contributed by atoms with van der Waals surface area (Å²) in [5, 5.41) is 9.03. The second-order valence-electron chi connectivity index (χ2n) is 5.89. The third-order valence-electron chi connectivity index (χ3n) is 2.82. The molecule has 1 fully saturated rings. The van der Waals surface area contributed by atoms with E-state index >= 15 is 0 Å². The van der Waals surface area contributed by atoms with Crippen molar-refractivity contribution in [1.29, 1.82) is 0 Å². The Kier molecular flexibility index (Phi) is 4.01. The first kappa shape index (κ1) is 13.8. The first-order valence-corrected chi connectivity index (χ1v) is 5.97. The Balaban J connectivity index is 2.66. The maximum atomic E-state index is 12.1. The molecule has 98 valence electrons. The van der Waals surface area contributed by atoms with Crippen molar-refractivity contribution in [3.8, 4) is 0 Å². The molecule has 0 spiro atoms. The lowest BCUT2D eigenvalue weighted by Gasteiger charge is -2.31. The highest BCUT2D eigenvalue weighted by Crippen LogP contribution is 2.21. The second-order valence-corrected chi connectivity index (χ2v) is 5.89. The van der Waals surface area contributed by atoms with E-state index in [4.69, 9.17) is 5.11 Å². The molecule has 0 radical (unpaired) electrons. The van der Waals surface area contributed by atoms with E-state index < -0.39 is 12.0 Å². The zero-order chi connectivity index (χ0) is 13.2. The summed E-state index contributed by atoms with van der Waals surface area (Å²) in [6.07, 6.45) is 1.33. The lowest BCUT2D eigenvalue weighted by Crippen LogP contribution is -2.48. The fraction of sp³-hybridized carbons (Fsp3) is 0.833. The topological polar surface area (TPSA) is 60.9 Å². The van der Waals surface area contributed by atoms with Crippen LogP contribution in [-0.4, -0.2) is 53.1 Å². The second kappa shape index (κ2) is 4.94. The van der Waals surface area contributed by atoms with Gasteiger partial charge in [0.15, 0.2) is 0 Å². The van der Waals surface area contributed by atoms with E-state index in [9.17, 15) is 9.59 Å². The van der Waals surface area contributed by atoms with Gasteiger partial charge in [-0.2, -0.15) is 0 Å². The molecule has 0 bridgehead atoms. The van der Waals surface area contributed by atoms with Crippen LogP contribution in [0.5, 0.6) is 0 Å². The lowest BCUT2D eigenvalue weighted by molar-refractivity contribution is -0.141. The van der Waals surface area contributed by atoms with Crippen molar-refractivity contribution in [1.82, 2.24) is 9.80 Å². The van der Waals surface area contributed by atoms with E-state index in [1.54, 1.807) is 11.9 Å². The number of nitrogens with zero attached hydrogens (tertiary/aromatic N) is 2. The predicted molar refractivity (Wildman–Crippen MR) is 64.8 cm³/mol. The molecule has 5 heteroatoms. The lowest BCUT2D eigenvalue weighted by atomic mass is 9.96. The average molecular weight is 242 g/mol.